The summed E-state index contributed by atoms with van der Waals surface area (Å²) in [5.74, 6) is -1.14. The highest BCUT2D eigenvalue weighted by molar-refractivity contribution is 6.34. The van der Waals surface area contributed by atoms with E-state index in [-0.39, 0.29) is 39.8 Å². The number of rotatable bonds is 8. The molecule has 2 amide bonds. The van der Waals surface area contributed by atoms with Crippen LogP contribution in [0.15, 0.2) is 81.1 Å². The fraction of sp³-hybridized carbons (Fsp3) is 0.312. The fourth-order valence-electron chi connectivity index (χ4n) is 4.64. The quantitative estimate of drug-likeness (QED) is 0.288. The van der Waals surface area contributed by atoms with Gasteiger partial charge in [-0.05, 0) is 75.4 Å². The Hall–Kier alpha value is -4.35. The second kappa shape index (κ2) is 14.4. The first-order valence-corrected chi connectivity index (χ1v) is 14.7. The van der Waals surface area contributed by atoms with E-state index in [9.17, 15) is 18.4 Å². The molecular formula is C32H36ClF2N7O2. The van der Waals surface area contributed by atoms with Crippen LogP contribution in [0.3, 0.4) is 0 Å². The number of nitrogens with one attached hydrogen (secondary N) is 2. The number of hydrogen-bond acceptors (Lipinski definition) is 6. The molecule has 0 unspecified atom stereocenters. The Morgan fingerprint density at radius 2 is 1.89 bits per heavy atom. The number of nitrogens with two attached hydrogens (primary N) is 1. The van der Waals surface area contributed by atoms with Crippen molar-refractivity contribution in [2.45, 2.75) is 33.7 Å². The largest absolute Gasteiger partial charge is 0.383 e. The summed E-state index contributed by atoms with van der Waals surface area (Å²) in [5, 5.41) is 5.61. The molecule has 2 heterocycles. The highest BCUT2D eigenvalue weighted by Gasteiger charge is 2.26. The molecule has 0 aliphatic carbocycles. The first kappa shape index (κ1) is 32.6. The van der Waals surface area contributed by atoms with Crippen LogP contribution in [0, 0.1) is 11.6 Å². The molecule has 1 saturated heterocycles. The van der Waals surface area contributed by atoms with Crippen LogP contribution in [-0.4, -0.2) is 66.5 Å². The number of hydrogen-bond donors (Lipinski definition) is 3. The van der Waals surface area contributed by atoms with Crippen molar-refractivity contribution >= 4 is 40.8 Å². The molecule has 0 bridgehead atoms. The van der Waals surface area contributed by atoms with Gasteiger partial charge in [-0.15, -0.1) is 0 Å². The zero-order valence-corrected chi connectivity index (χ0v) is 25.9. The Morgan fingerprint density at radius 3 is 2.57 bits per heavy atom. The highest BCUT2D eigenvalue weighted by atomic mass is 35.5. The minimum atomic E-state index is -0.638. The zero-order chi connectivity index (χ0) is 32.0. The topological polar surface area (TPSA) is 115 Å². The van der Waals surface area contributed by atoms with Crippen molar-refractivity contribution in [3.05, 3.63) is 98.9 Å². The van der Waals surface area contributed by atoms with Crippen LogP contribution in [-0.2, 0) is 11.3 Å². The maximum atomic E-state index is 14.0. The van der Waals surface area contributed by atoms with Gasteiger partial charge in [0.1, 0.15) is 29.1 Å². The normalized spacial score (nSPS) is 18.7. The molecule has 4 N–H and O–H groups in total. The van der Waals surface area contributed by atoms with Gasteiger partial charge in [0.15, 0.2) is 0 Å². The van der Waals surface area contributed by atoms with Crippen molar-refractivity contribution in [2.24, 2.45) is 15.7 Å². The molecule has 1 fully saturated rings. The number of halogens is 3. The van der Waals surface area contributed by atoms with Crippen molar-refractivity contribution in [3.63, 3.8) is 0 Å². The molecule has 232 valence electrons. The third-order valence-electron chi connectivity index (χ3n) is 7.47. The summed E-state index contributed by atoms with van der Waals surface area (Å²) in [6.45, 7) is 9.23. The summed E-state index contributed by atoms with van der Waals surface area (Å²) < 4.78 is 27.4. The van der Waals surface area contributed by atoms with Crippen molar-refractivity contribution in [2.75, 3.05) is 33.2 Å². The lowest BCUT2D eigenvalue weighted by atomic mass is 10.0. The molecule has 2 aromatic carbocycles. The van der Waals surface area contributed by atoms with Gasteiger partial charge in [0.05, 0.1) is 16.3 Å². The number of aliphatic imine (C=N–C) groups is 2. The second-order valence-electron chi connectivity index (χ2n) is 10.5. The molecule has 0 saturated carbocycles. The standard InChI is InChI=1S/C32H36ClF2N7O2/c1-5-19(3)30(42-13-11-41(4)12-14-42)39-29-20(6-2)16-24(32(44)40-29)28(36)38-27-17-21(7-9-25(27)33)31(43)37-18-22-15-23(34)8-10-26(22)35/h6-10,15-17H,5,11-14,18H2,1-4H3,(H2,36,38)(H,37,43)(H,39,40,44)/b20-6-,30-19-. The van der Waals surface area contributed by atoms with Crippen LogP contribution in [0.5, 0.6) is 0 Å². The summed E-state index contributed by atoms with van der Waals surface area (Å²) in [6.07, 6.45) is 4.27. The summed E-state index contributed by atoms with van der Waals surface area (Å²) in [5.41, 5.74) is 8.50. The van der Waals surface area contributed by atoms with E-state index in [0.717, 1.165) is 62.2 Å². The smallest absolute Gasteiger partial charge is 0.260 e. The first-order valence-electron chi connectivity index (χ1n) is 14.3. The lowest BCUT2D eigenvalue weighted by molar-refractivity contribution is -0.115. The lowest BCUT2D eigenvalue weighted by Gasteiger charge is -2.35. The Kier molecular flexibility index (Phi) is 10.7. The van der Waals surface area contributed by atoms with E-state index >= 15 is 0 Å². The van der Waals surface area contributed by atoms with Gasteiger partial charge in [0.25, 0.3) is 11.8 Å². The molecular weight excluding hydrogens is 588 g/mol. The van der Waals surface area contributed by atoms with Gasteiger partial charge >= 0.3 is 0 Å². The van der Waals surface area contributed by atoms with Crippen molar-refractivity contribution in [1.29, 1.82) is 0 Å². The molecule has 2 aliphatic heterocycles. The van der Waals surface area contributed by atoms with Crippen molar-refractivity contribution < 1.29 is 18.4 Å². The van der Waals surface area contributed by atoms with Gasteiger partial charge in [-0.25, -0.2) is 18.8 Å². The maximum Gasteiger partial charge on any atom is 0.260 e. The molecule has 12 heteroatoms. The Balaban J connectivity index is 1.57. The molecule has 0 radical (unpaired) electrons. The Labute approximate surface area is 260 Å². The number of carbonyl (C=O) groups excluding carboxylic acids is 2. The SMILES string of the molecule is C/C=C1/C=C(C(N)=Nc2cc(C(=O)NCc3cc(F)ccc3F)ccc2Cl)C(=O)N/C1=N/C(=C(\C)CC)N1CCN(C)CC1. The summed E-state index contributed by atoms with van der Waals surface area (Å²) in [7, 11) is 2.09. The Morgan fingerprint density at radius 1 is 1.16 bits per heavy atom. The number of likely N-dealkylation sites (N-methyl/N-ethyl adjacent to an activating group) is 1. The highest BCUT2D eigenvalue weighted by Crippen LogP contribution is 2.27. The number of carbonyl (C=O) groups is 2. The van der Waals surface area contributed by atoms with E-state index in [1.165, 1.54) is 18.2 Å². The fourth-order valence-corrected chi connectivity index (χ4v) is 4.80. The molecule has 2 aromatic rings. The average molecular weight is 624 g/mol. The second-order valence-corrected chi connectivity index (χ2v) is 11.0. The molecule has 0 aromatic heterocycles. The molecule has 0 spiro atoms. The third kappa shape index (κ3) is 7.78. The zero-order valence-electron chi connectivity index (χ0n) is 25.2. The summed E-state index contributed by atoms with van der Waals surface area (Å²) in [4.78, 5) is 39.7. The summed E-state index contributed by atoms with van der Waals surface area (Å²) in [6, 6.07) is 7.34. The first-order chi connectivity index (χ1) is 21.0. The van der Waals surface area contributed by atoms with Crippen molar-refractivity contribution in [1.82, 2.24) is 20.4 Å². The van der Waals surface area contributed by atoms with E-state index in [1.807, 2.05) is 19.9 Å². The predicted molar refractivity (Wildman–Crippen MR) is 170 cm³/mol. The number of amidine groups is 2. The molecule has 0 atom stereocenters. The minimum absolute atomic E-state index is 0.00346. The van der Waals surface area contributed by atoms with Crippen LogP contribution in [0.4, 0.5) is 14.5 Å². The van der Waals surface area contributed by atoms with E-state index in [4.69, 9.17) is 22.3 Å². The predicted octanol–water partition coefficient (Wildman–Crippen LogP) is 4.83. The van der Waals surface area contributed by atoms with Gasteiger partial charge in [-0.3, -0.25) is 9.59 Å². The minimum Gasteiger partial charge on any atom is -0.383 e. The molecule has 9 nitrogen and oxygen atoms in total. The van der Waals surface area contributed by atoms with Gasteiger partial charge in [0, 0.05) is 49.4 Å². The van der Waals surface area contributed by atoms with Gasteiger partial charge < -0.3 is 26.2 Å². The van der Waals surface area contributed by atoms with Crippen molar-refractivity contribution in [3.8, 4) is 0 Å². The Bertz CT molecular complexity index is 1610. The van der Waals surface area contributed by atoms with Crippen LogP contribution in [0.2, 0.25) is 5.02 Å². The lowest BCUT2D eigenvalue weighted by Crippen LogP contribution is -2.45. The van der Waals surface area contributed by atoms with Gasteiger partial charge in [-0.2, -0.15) is 0 Å². The van der Waals surface area contributed by atoms with Crippen LogP contribution in [0.25, 0.3) is 0 Å². The molecule has 4 rings (SSSR count). The van der Waals surface area contributed by atoms with Crippen LogP contribution in [0.1, 0.15) is 43.1 Å². The van der Waals surface area contributed by atoms with E-state index < -0.39 is 23.4 Å². The average Bonchev–Trinajstić information content (AvgIpc) is 3.01. The van der Waals surface area contributed by atoms with E-state index in [0.29, 0.717) is 11.4 Å². The van der Waals surface area contributed by atoms with Gasteiger partial charge in [0.2, 0.25) is 0 Å². The summed E-state index contributed by atoms with van der Waals surface area (Å²) >= 11 is 6.35. The van der Waals surface area contributed by atoms with E-state index in [2.05, 4.69) is 39.4 Å². The number of piperazine rings is 1. The van der Waals surface area contributed by atoms with Crippen LogP contribution >= 0.6 is 11.6 Å². The number of allylic oxidation sites excluding steroid dienone is 2. The number of benzene rings is 2. The molecule has 44 heavy (non-hydrogen) atoms. The number of nitrogens with zero attached hydrogens (tertiary/aromatic N) is 4. The van der Waals surface area contributed by atoms with Gasteiger partial charge in [-0.1, -0.05) is 24.6 Å². The monoisotopic (exact) mass is 623 g/mol. The number of amides is 2. The maximum absolute atomic E-state index is 14.0. The van der Waals surface area contributed by atoms with Crippen LogP contribution < -0.4 is 16.4 Å². The van der Waals surface area contributed by atoms with E-state index in [1.54, 1.807) is 6.08 Å². The molecule has 2 aliphatic rings. The third-order valence-corrected chi connectivity index (χ3v) is 7.79.